The molecule has 10 heteroatoms. The van der Waals surface area contributed by atoms with Crippen LogP contribution in [-0.2, 0) is 0 Å². The number of anilines is 3. The van der Waals surface area contributed by atoms with E-state index in [0.717, 1.165) is 10.7 Å². The highest BCUT2D eigenvalue weighted by Crippen LogP contribution is 2.30. The molecule has 0 unspecified atom stereocenters. The second-order valence-electron chi connectivity index (χ2n) is 3.83. The van der Waals surface area contributed by atoms with E-state index in [4.69, 9.17) is 10.6 Å². The number of benzene rings is 1. The highest BCUT2D eigenvalue weighted by atomic mass is 79.9. The van der Waals surface area contributed by atoms with Crippen LogP contribution in [0.2, 0.25) is 0 Å². The van der Waals surface area contributed by atoms with Crippen molar-refractivity contribution in [2.75, 3.05) is 17.9 Å². The standard InChI is InChI=1S/C11H11BrN6O3/c1-21-8-3-6(12)2-7(4-8)15-10-9(18(19)20)5-14-11(16-10)17-13/h2-5H,13H2,1H3,(H2,14,15,16,17). The summed E-state index contributed by atoms with van der Waals surface area (Å²) < 4.78 is 5.88. The Balaban J connectivity index is 2.42. The van der Waals surface area contributed by atoms with E-state index >= 15 is 0 Å². The molecule has 0 aliphatic rings. The monoisotopic (exact) mass is 354 g/mol. The lowest BCUT2D eigenvalue weighted by atomic mass is 10.3. The van der Waals surface area contributed by atoms with E-state index in [2.05, 4.69) is 36.6 Å². The number of hydrazine groups is 1. The maximum absolute atomic E-state index is 11.0. The van der Waals surface area contributed by atoms with Crippen molar-refractivity contribution < 1.29 is 9.66 Å². The van der Waals surface area contributed by atoms with E-state index < -0.39 is 4.92 Å². The first kappa shape index (κ1) is 14.9. The van der Waals surface area contributed by atoms with Gasteiger partial charge < -0.3 is 10.1 Å². The molecule has 9 nitrogen and oxygen atoms in total. The number of hydrogen-bond acceptors (Lipinski definition) is 8. The molecule has 2 rings (SSSR count). The zero-order valence-electron chi connectivity index (χ0n) is 10.8. The van der Waals surface area contributed by atoms with Crippen molar-refractivity contribution in [2.24, 2.45) is 5.84 Å². The van der Waals surface area contributed by atoms with Crippen molar-refractivity contribution in [1.82, 2.24) is 9.97 Å². The Hall–Kier alpha value is -2.46. The summed E-state index contributed by atoms with van der Waals surface area (Å²) in [6.45, 7) is 0. The van der Waals surface area contributed by atoms with Crippen LogP contribution in [0.3, 0.4) is 0 Å². The van der Waals surface area contributed by atoms with Crippen molar-refractivity contribution in [2.45, 2.75) is 0 Å². The van der Waals surface area contributed by atoms with E-state index in [0.29, 0.717) is 11.4 Å². The number of nitrogen functional groups attached to an aromatic ring is 1. The van der Waals surface area contributed by atoms with Crippen LogP contribution < -0.4 is 21.3 Å². The molecule has 1 aromatic carbocycles. The van der Waals surface area contributed by atoms with Crippen LogP contribution >= 0.6 is 15.9 Å². The third-order valence-corrected chi connectivity index (χ3v) is 2.92. The zero-order chi connectivity index (χ0) is 15.4. The van der Waals surface area contributed by atoms with Gasteiger partial charge in [0.25, 0.3) is 0 Å². The number of aromatic nitrogens is 2. The molecule has 110 valence electrons. The average molecular weight is 355 g/mol. The molecule has 0 saturated carbocycles. The molecule has 1 aromatic heterocycles. The first-order chi connectivity index (χ1) is 10.0. The topological polar surface area (TPSA) is 128 Å². The van der Waals surface area contributed by atoms with E-state index in [-0.39, 0.29) is 17.5 Å². The Morgan fingerprint density at radius 1 is 1.43 bits per heavy atom. The summed E-state index contributed by atoms with van der Waals surface area (Å²) in [4.78, 5) is 18.1. The molecule has 0 aliphatic heterocycles. The molecule has 0 amide bonds. The molecule has 0 radical (unpaired) electrons. The van der Waals surface area contributed by atoms with Crippen molar-refractivity contribution in [3.63, 3.8) is 0 Å². The molecule has 0 spiro atoms. The van der Waals surface area contributed by atoms with E-state index in [1.54, 1.807) is 18.2 Å². The van der Waals surface area contributed by atoms with Crippen LogP contribution in [0, 0.1) is 10.1 Å². The lowest BCUT2D eigenvalue weighted by Gasteiger charge is -2.09. The van der Waals surface area contributed by atoms with Gasteiger partial charge in [-0.2, -0.15) is 4.98 Å². The second kappa shape index (κ2) is 6.33. The summed E-state index contributed by atoms with van der Waals surface area (Å²) in [7, 11) is 1.52. The summed E-state index contributed by atoms with van der Waals surface area (Å²) in [6, 6.07) is 5.16. The number of ether oxygens (including phenoxy) is 1. The zero-order valence-corrected chi connectivity index (χ0v) is 12.4. The molecule has 2 aromatic rings. The number of methoxy groups -OCH3 is 1. The van der Waals surface area contributed by atoms with Gasteiger partial charge >= 0.3 is 5.69 Å². The molecule has 0 saturated heterocycles. The normalized spacial score (nSPS) is 10.0. The molecule has 0 bridgehead atoms. The number of nitrogens with zero attached hydrogens (tertiary/aromatic N) is 3. The molecule has 21 heavy (non-hydrogen) atoms. The summed E-state index contributed by atoms with van der Waals surface area (Å²) >= 11 is 3.32. The molecule has 0 aliphatic carbocycles. The van der Waals surface area contributed by atoms with Gasteiger partial charge in [-0.25, -0.2) is 10.8 Å². The quantitative estimate of drug-likeness (QED) is 0.423. The third-order valence-electron chi connectivity index (χ3n) is 2.46. The van der Waals surface area contributed by atoms with Gasteiger partial charge in [-0.1, -0.05) is 15.9 Å². The second-order valence-corrected chi connectivity index (χ2v) is 4.75. The van der Waals surface area contributed by atoms with Gasteiger partial charge in [0.05, 0.1) is 12.0 Å². The molecule has 0 fully saturated rings. The minimum Gasteiger partial charge on any atom is -0.497 e. The fourth-order valence-electron chi connectivity index (χ4n) is 1.56. The van der Waals surface area contributed by atoms with E-state index in [1.165, 1.54) is 7.11 Å². The van der Waals surface area contributed by atoms with Crippen LogP contribution in [0.4, 0.5) is 23.1 Å². The molecule has 1 heterocycles. The number of hydrogen-bond donors (Lipinski definition) is 3. The summed E-state index contributed by atoms with van der Waals surface area (Å²) in [5, 5.41) is 13.8. The van der Waals surface area contributed by atoms with Crippen molar-refractivity contribution in [1.29, 1.82) is 0 Å². The highest BCUT2D eigenvalue weighted by molar-refractivity contribution is 9.10. The Bertz CT molecular complexity index is 681. The maximum Gasteiger partial charge on any atom is 0.329 e. The molecule has 4 N–H and O–H groups in total. The smallest absolute Gasteiger partial charge is 0.329 e. The van der Waals surface area contributed by atoms with E-state index in [9.17, 15) is 10.1 Å². The van der Waals surface area contributed by atoms with Crippen molar-refractivity contribution in [3.05, 3.63) is 39.0 Å². The first-order valence-corrected chi connectivity index (χ1v) is 6.42. The number of rotatable bonds is 5. The van der Waals surface area contributed by atoms with Crippen LogP contribution in [0.15, 0.2) is 28.9 Å². The summed E-state index contributed by atoms with van der Waals surface area (Å²) in [6.07, 6.45) is 1.07. The SMILES string of the molecule is COc1cc(Br)cc(Nc2nc(NN)ncc2[N+](=O)[O-])c1. The minimum atomic E-state index is -0.585. The predicted molar refractivity (Wildman–Crippen MR) is 80.5 cm³/mol. The van der Waals surface area contributed by atoms with Gasteiger partial charge in [-0.05, 0) is 12.1 Å². The van der Waals surface area contributed by atoms with Gasteiger partial charge in [0.15, 0.2) is 0 Å². The van der Waals surface area contributed by atoms with Crippen LogP contribution in [0.5, 0.6) is 5.75 Å². The Morgan fingerprint density at radius 3 is 2.81 bits per heavy atom. The van der Waals surface area contributed by atoms with Crippen LogP contribution in [0.1, 0.15) is 0 Å². The fraction of sp³-hybridized carbons (Fsp3) is 0.0909. The first-order valence-electron chi connectivity index (χ1n) is 5.63. The summed E-state index contributed by atoms with van der Waals surface area (Å²) in [5.74, 6) is 5.87. The fourth-order valence-corrected chi connectivity index (χ4v) is 2.03. The predicted octanol–water partition coefficient (Wildman–Crippen LogP) is 2.19. The van der Waals surface area contributed by atoms with Gasteiger partial charge in [0, 0.05) is 16.2 Å². The van der Waals surface area contributed by atoms with Gasteiger partial charge in [0.1, 0.15) is 11.9 Å². The Labute approximate surface area is 127 Å². The Kier molecular flexibility index (Phi) is 4.50. The van der Waals surface area contributed by atoms with E-state index in [1.807, 2.05) is 0 Å². The number of nitrogens with one attached hydrogen (secondary N) is 2. The van der Waals surface area contributed by atoms with Crippen LogP contribution in [-0.4, -0.2) is 22.0 Å². The number of halogens is 1. The number of nitrogens with two attached hydrogens (primary N) is 1. The summed E-state index contributed by atoms with van der Waals surface area (Å²) in [5.41, 5.74) is 2.53. The molecular weight excluding hydrogens is 344 g/mol. The highest BCUT2D eigenvalue weighted by Gasteiger charge is 2.17. The lowest BCUT2D eigenvalue weighted by molar-refractivity contribution is -0.384. The van der Waals surface area contributed by atoms with Gasteiger partial charge in [-0.15, -0.1) is 0 Å². The lowest BCUT2D eigenvalue weighted by Crippen LogP contribution is -2.12. The molecule has 0 atom stereocenters. The Morgan fingerprint density at radius 2 is 2.19 bits per heavy atom. The largest absolute Gasteiger partial charge is 0.497 e. The van der Waals surface area contributed by atoms with Crippen molar-refractivity contribution in [3.8, 4) is 5.75 Å². The van der Waals surface area contributed by atoms with Gasteiger partial charge in [0.2, 0.25) is 11.8 Å². The van der Waals surface area contributed by atoms with Crippen LogP contribution in [0.25, 0.3) is 0 Å². The average Bonchev–Trinajstić information content (AvgIpc) is 2.46. The third kappa shape index (κ3) is 3.55. The van der Waals surface area contributed by atoms with Crippen molar-refractivity contribution >= 4 is 39.1 Å². The number of nitro groups is 1. The van der Waals surface area contributed by atoms with Gasteiger partial charge in [-0.3, -0.25) is 15.5 Å². The minimum absolute atomic E-state index is 0.0168. The maximum atomic E-state index is 11.0. The molecular formula is C11H11BrN6O3.